The number of carbonyl (C=O) groups is 1. The molecule has 11 nitrogen and oxygen atoms in total. The van der Waals surface area contributed by atoms with Crippen LogP contribution in [0.25, 0.3) is 0 Å². The third kappa shape index (κ3) is 6.20. The van der Waals surface area contributed by atoms with Crippen LogP contribution in [0.15, 0.2) is 36.7 Å². The number of rotatable bonds is 5. The SMILES string of the molecule is Cc1c(N2CCc3cnc(Nc4ccc(OC5CCOCC5)cc4)nc3C2)cnc2c1N(C(=O)OC(C)(C)C)CCO2. The van der Waals surface area contributed by atoms with E-state index in [9.17, 15) is 4.79 Å². The van der Waals surface area contributed by atoms with Crippen molar-refractivity contribution in [3.8, 4) is 11.6 Å². The molecule has 2 aromatic heterocycles. The molecule has 11 heteroatoms. The van der Waals surface area contributed by atoms with E-state index in [1.165, 1.54) is 0 Å². The highest BCUT2D eigenvalue weighted by molar-refractivity contribution is 5.92. The number of nitrogens with one attached hydrogen (secondary N) is 1. The van der Waals surface area contributed by atoms with Crippen LogP contribution in [-0.4, -0.2) is 65.7 Å². The second kappa shape index (κ2) is 11.6. The van der Waals surface area contributed by atoms with E-state index in [1.54, 1.807) is 4.90 Å². The molecule has 0 bridgehead atoms. The molecule has 0 atom stereocenters. The van der Waals surface area contributed by atoms with Crippen molar-refractivity contribution in [1.29, 1.82) is 0 Å². The summed E-state index contributed by atoms with van der Waals surface area (Å²) in [6, 6.07) is 7.89. The van der Waals surface area contributed by atoms with Crippen molar-refractivity contribution in [3.05, 3.63) is 53.5 Å². The van der Waals surface area contributed by atoms with Crippen LogP contribution in [-0.2, 0) is 22.4 Å². The van der Waals surface area contributed by atoms with Gasteiger partial charge in [0.25, 0.3) is 0 Å². The average molecular weight is 575 g/mol. The number of ether oxygens (including phenoxy) is 4. The van der Waals surface area contributed by atoms with E-state index in [1.807, 2.05) is 64.4 Å². The van der Waals surface area contributed by atoms with Gasteiger partial charge in [0.2, 0.25) is 11.8 Å². The number of benzene rings is 1. The minimum Gasteiger partial charge on any atom is -0.490 e. The molecule has 0 aliphatic carbocycles. The Balaban J connectivity index is 1.17. The van der Waals surface area contributed by atoms with Gasteiger partial charge in [0.05, 0.1) is 43.9 Å². The first-order chi connectivity index (χ1) is 20.2. The number of aromatic nitrogens is 3. The molecule has 1 saturated heterocycles. The maximum absolute atomic E-state index is 13.0. The van der Waals surface area contributed by atoms with Crippen molar-refractivity contribution in [1.82, 2.24) is 15.0 Å². The van der Waals surface area contributed by atoms with Crippen LogP contribution in [0.2, 0.25) is 0 Å². The zero-order valence-corrected chi connectivity index (χ0v) is 24.7. The van der Waals surface area contributed by atoms with Crippen LogP contribution >= 0.6 is 0 Å². The summed E-state index contributed by atoms with van der Waals surface area (Å²) < 4.78 is 23.0. The molecule has 3 aromatic rings. The van der Waals surface area contributed by atoms with E-state index in [2.05, 4.69) is 20.2 Å². The number of amides is 1. The Morgan fingerprint density at radius 2 is 1.83 bits per heavy atom. The molecular formula is C31H38N6O5. The van der Waals surface area contributed by atoms with Gasteiger partial charge in [0, 0.05) is 36.8 Å². The molecular weight excluding hydrogens is 536 g/mol. The van der Waals surface area contributed by atoms with Gasteiger partial charge in [-0.3, -0.25) is 4.90 Å². The minimum absolute atomic E-state index is 0.200. The summed E-state index contributed by atoms with van der Waals surface area (Å²) in [5, 5.41) is 3.33. The number of anilines is 4. The second-order valence-corrected chi connectivity index (χ2v) is 11.8. The Kier molecular flexibility index (Phi) is 7.76. The summed E-state index contributed by atoms with van der Waals surface area (Å²) in [4.78, 5) is 30.9. The van der Waals surface area contributed by atoms with Crippen LogP contribution in [0.3, 0.4) is 0 Å². The van der Waals surface area contributed by atoms with Crippen molar-refractivity contribution < 1.29 is 23.7 Å². The van der Waals surface area contributed by atoms with Crippen molar-refractivity contribution in [2.24, 2.45) is 0 Å². The molecule has 0 spiro atoms. The Labute approximate surface area is 246 Å². The predicted molar refractivity (Wildman–Crippen MR) is 159 cm³/mol. The van der Waals surface area contributed by atoms with Crippen molar-refractivity contribution >= 4 is 29.1 Å². The Hall–Kier alpha value is -4.12. The Morgan fingerprint density at radius 1 is 1.05 bits per heavy atom. The second-order valence-electron chi connectivity index (χ2n) is 11.8. The van der Waals surface area contributed by atoms with Gasteiger partial charge in [-0.25, -0.2) is 19.7 Å². The molecule has 1 amide bonds. The van der Waals surface area contributed by atoms with Crippen LogP contribution in [0.4, 0.5) is 27.8 Å². The van der Waals surface area contributed by atoms with Gasteiger partial charge in [0.15, 0.2) is 0 Å². The normalized spacial score (nSPS) is 17.1. The molecule has 0 saturated carbocycles. The first-order valence-electron chi connectivity index (χ1n) is 14.6. The summed E-state index contributed by atoms with van der Waals surface area (Å²) >= 11 is 0. The van der Waals surface area contributed by atoms with Gasteiger partial charge < -0.3 is 29.2 Å². The molecule has 5 heterocycles. The van der Waals surface area contributed by atoms with E-state index >= 15 is 0 Å². The van der Waals surface area contributed by atoms with E-state index in [0.29, 0.717) is 37.2 Å². The summed E-state index contributed by atoms with van der Waals surface area (Å²) in [6.45, 7) is 11.2. The Morgan fingerprint density at radius 3 is 2.60 bits per heavy atom. The maximum atomic E-state index is 13.0. The minimum atomic E-state index is -0.600. The molecule has 0 radical (unpaired) electrons. The molecule has 3 aliphatic heterocycles. The smallest absolute Gasteiger partial charge is 0.415 e. The zero-order chi connectivity index (χ0) is 29.3. The number of carbonyl (C=O) groups excluding carboxylic acids is 1. The topological polar surface area (TPSA) is 111 Å². The molecule has 42 heavy (non-hydrogen) atoms. The molecule has 1 aromatic carbocycles. The largest absolute Gasteiger partial charge is 0.490 e. The highest BCUT2D eigenvalue weighted by Gasteiger charge is 2.32. The fourth-order valence-electron chi connectivity index (χ4n) is 5.45. The van der Waals surface area contributed by atoms with Gasteiger partial charge in [-0.15, -0.1) is 0 Å². The monoisotopic (exact) mass is 574 g/mol. The summed E-state index contributed by atoms with van der Waals surface area (Å²) in [6.07, 6.45) is 6.16. The molecule has 0 unspecified atom stereocenters. The average Bonchev–Trinajstić information content (AvgIpc) is 2.97. The highest BCUT2D eigenvalue weighted by atomic mass is 16.6. The number of hydrogen-bond donors (Lipinski definition) is 1. The van der Waals surface area contributed by atoms with Gasteiger partial charge in [-0.2, -0.15) is 0 Å². The lowest BCUT2D eigenvalue weighted by atomic mass is 10.0. The maximum Gasteiger partial charge on any atom is 0.415 e. The van der Waals surface area contributed by atoms with Gasteiger partial charge in [-0.05, 0) is 63.9 Å². The van der Waals surface area contributed by atoms with Gasteiger partial charge in [-0.1, -0.05) is 0 Å². The summed E-state index contributed by atoms with van der Waals surface area (Å²) in [7, 11) is 0. The third-order valence-corrected chi connectivity index (χ3v) is 7.55. The first kappa shape index (κ1) is 28.0. The zero-order valence-electron chi connectivity index (χ0n) is 24.7. The summed E-state index contributed by atoms with van der Waals surface area (Å²) in [5.41, 5.74) is 4.88. The van der Waals surface area contributed by atoms with Gasteiger partial charge in [0.1, 0.15) is 29.7 Å². The van der Waals surface area contributed by atoms with Crippen molar-refractivity contribution in [2.45, 2.75) is 65.2 Å². The molecule has 1 fully saturated rings. The van der Waals surface area contributed by atoms with Crippen molar-refractivity contribution in [3.63, 3.8) is 0 Å². The lowest BCUT2D eigenvalue weighted by Crippen LogP contribution is -2.42. The molecule has 3 aliphatic rings. The van der Waals surface area contributed by atoms with Crippen LogP contribution in [0.5, 0.6) is 11.6 Å². The first-order valence-corrected chi connectivity index (χ1v) is 14.6. The van der Waals surface area contributed by atoms with Crippen LogP contribution < -0.4 is 24.6 Å². The molecule has 6 rings (SSSR count). The quantitative estimate of drug-likeness (QED) is 0.438. The lowest BCUT2D eigenvalue weighted by molar-refractivity contribution is 0.0256. The Bertz CT molecular complexity index is 1430. The number of pyridine rings is 1. The highest BCUT2D eigenvalue weighted by Crippen LogP contribution is 2.39. The van der Waals surface area contributed by atoms with E-state index < -0.39 is 11.7 Å². The molecule has 1 N–H and O–H groups in total. The number of fused-ring (bicyclic) bond motifs is 2. The van der Waals surface area contributed by atoms with E-state index in [0.717, 1.165) is 73.0 Å². The third-order valence-electron chi connectivity index (χ3n) is 7.55. The standard InChI is InChI=1S/C31H38N6O5/c1-20-26(18-32-28-27(20)37(13-16-40-28)30(38)42-31(2,3)4)36-12-9-21-17-33-29(35-25(21)19-36)34-22-5-7-23(8-6-22)41-24-10-14-39-15-11-24/h5-8,17-18,24H,9-16,19H2,1-4H3,(H,33,34,35). The van der Waals surface area contributed by atoms with Gasteiger partial charge >= 0.3 is 6.09 Å². The van der Waals surface area contributed by atoms with E-state index in [-0.39, 0.29) is 6.10 Å². The predicted octanol–water partition coefficient (Wildman–Crippen LogP) is 5.18. The van der Waals surface area contributed by atoms with Crippen LogP contribution in [0.1, 0.15) is 50.4 Å². The number of hydrogen-bond acceptors (Lipinski definition) is 10. The fourth-order valence-corrected chi connectivity index (χ4v) is 5.45. The van der Waals surface area contributed by atoms with E-state index in [4.69, 9.17) is 23.9 Å². The fraction of sp³-hybridized carbons (Fsp3) is 0.484. The van der Waals surface area contributed by atoms with Crippen LogP contribution in [0, 0.1) is 6.92 Å². The lowest BCUT2D eigenvalue weighted by Gasteiger charge is -2.35. The summed E-state index contributed by atoms with van der Waals surface area (Å²) in [5.74, 6) is 1.83. The number of nitrogens with zero attached hydrogens (tertiary/aromatic N) is 5. The van der Waals surface area contributed by atoms with Crippen molar-refractivity contribution in [2.75, 3.05) is 48.0 Å². The molecule has 222 valence electrons.